The topological polar surface area (TPSA) is 26.0 Å². The summed E-state index contributed by atoms with van der Waals surface area (Å²) in [5.41, 5.74) is 0.888. The Balaban J connectivity index is 2.11. The lowest BCUT2D eigenvalue weighted by Crippen LogP contribution is -1.90. The lowest BCUT2D eigenvalue weighted by molar-refractivity contribution is 0.461. The molecule has 0 bridgehead atoms. The first kappa shape index (κ1) is 10.3. The van der Waals surface area contributed by atoms with E-state index in [9.17, 15) is 4.39 Å². The molecule has 16 heavy (non-hydrogen) atoms. The monoisotopic (exact) mass is 283 g/mol. The molecule has 0 amide bonds. The molecule has 0 spiro atoms. The van der Waals surface area contributed by atoms with Crippen LogP contribution < -0.4 is 0 Å². The van der Waals surface area contributed by atoms with Crippen LogP contribution in [0.5, 0.6) is 0 Å². The molecule has 3 rings (SSSR count). The number of oxazole rings is 1. The van der Waals surface area contributed by atoms with Gasteiger partial charge in [0.15, 0.2) is 17.3 Å². The zero-order valence-electron chi connectivity index (χ0n) is 8.67. The van der Waals surface area contributed by atoms with E-state index in [1.54, 1.807) is 6.07 Å². The molecule has 2 aromatic rings. The second-order valence-corrected chi connectivity index (χ2v) is 5.19. The molecule has 0 atom stereocenters. The molecule has 1 saturated carbocycles. The van der Waals surface area contributed by atoms with Crippen LogP contribution in [0.1, 0.15) is 37.5 Å². The molecule has 0 aliphatic heterocycles. The first-order valence-corrected chi connectivity index (χ1v) is 6.29. The van der Waals surface area contributed by atoms with Crippen LogP contribution in [-0.2, 0) is 0 Å². The third-order valence-corrected chi connectivity index (χ3v) is 3.59. The van der Waals surface area contributed by atoms with Gasteiger partial charge in [0.25, 0.3) is 0 Å². The summed E-state index contributed by atoms with van der Waals surface area (Å²) in [7, 11) is 0. The molecule has 0 radical (unpaired) electrons. The lowest BCUT2D eigenvalue weighted by atomic mass is 10.1. The predicted octanol–water partition coefficient (Wildman–Crippen LogP) is 4.39. The molecule has 1 aromatic carbocycles. The highest BCUT2D eigenvalue weighted by molar-refractivity contribution is 9.10. The van der Waals surface area contributed by atoms with Crippen molar-refractivity contribution in [2.75, 3.05) is 0 Å². The number of nitrogens with zero attached hydrogens (tertiary/aromatic N) is 1. The van der Waals surface area contributed by atoms with Crippen LogP contribution in [0.2, 0.25) is 0 Å². The number of halogens is 2. The van der Waals surface area contributed by atoms with Gasteiger partial charge in [-0.25, -0.2) is 9.37 Å². The molecular formula is C12H11BrFNO. The van der Waals surface area contributed by atoms with E-state index < -0.39 is 0 Å². The molecule has 4 heteroatoms. The van der Waals surface area contributed by atoms with Crippen LogP contribution in [0.25, 0.3) is 11.1 Å². The predicted molar refractivity (Wildman–Crippen MR) is 62.9 cm³/mol. The van der Waals surface area contributed by atoms with E-state index >= 15 is 0 Å². The fourth-order valence-corrected chi connectivity index (χ4v) is 2.74. The van der Waals surface area contributed by atoms with Gasteiger partial charge in [0.2, 0.25) is 0 Å². The summed E-state index contributed by atoms with van der Waals surface area (Å²) in [5.74, 6) is 0.733. The molecule has 84 valence electrons. The molecular weight excluding hydrogens is 273 g/mol. The Morgan fingerprint density at radius 3 is 2.81 bits per heavy atom. The number of hydrogen-bond donors (Lipinski definition) is 0. The zero-order chi connectivity index (χ0) is 11.1. The van der Waals surface area contributed by atoms with Gasteiger partial charge in [-0.3, -0.25) is 0 Å². The maximum atomic E-state index is 13.6. The highest BCUT2D eigenvalue weighted by Gasteiger charge is 2.23. The SMILES string of the molecule is Fc1cc(Br)cc2nc(C3CCCC3)oc12. The van der Waals surface area contributed by atoms with Gasteiger partial charge >= 0.3 is 0 Å². The van der Waals surface area contributed by atoms with Crippen LogP contribution in [0.4, 0.5) is 4.39 Å². The standard InChI is InChI=1S/C12H11BrFNO/c13-8-5-9(14)11-10(6-8)15-12(16-11)7-3-1-2-4-7/h5-7H,1-4H2. The minimum Gasteiger partial charge on any atom is -0.437 e. The molecule has 1 aromatic heterocycles. The van der Waals surface area contributed by atoms with E-state index in [2.05, 4.69) is 20.9 Å². The molecule has 2 nitrogen and oxygen atoms in total. The van der Waals surface area contributed by atoms with Crippen molar-refractivity contribution in [3.8, 4) is 0 Å². The average molecular weight is 284 g/mol. The van der Waals surface area contributed by atoms with E-state index in [1.165, 1.54) is 18.9 Å². The fraction of sp³-hybridized carbons (Fsp3) is 0.417. The van der Waals surface area contributed by atoms with Gasteiger partial charge in [-0.2, -0.15) is 0 Å². The minimum atomic E-state index is -0.346. The molecule has 1 aliphatic carbocycles. The molecule has 1 fully saturated rings. The number of benzene rings is 1. The Hall–Kier alpha value is -0.900. The van der Waals surface area contributed by atoms with Crippen LogP contribution in [0.15, 0.2) is 21.0 Å². The van der Waals surface area contributed by atoms with Crippen LogP contribution in [0, 0.1) is 5.82 Å². The Labute approximate surface area is 101 Å². The van der Waals surface area contributed by atoms with E-state index in [-0.39, 0.29) is 11.4 Å². The summed E-state index contributed by atoms with van der Waals surface area (Å²) in [6.07, 6.45) is 4.65. The highest BCUT2D eigenvalue weighted by Crippen LogP contribution is 2.35. The van der Waals surface area contributed by atoms with Crippen molar-refractivity contribution in [2.45, 2.75) is 31.6 Å². The maximum absolute atomic E-state index is 13.6. The molecule has 0 unspecified atom stereocenters. The van der Waals surface area contributed by atoms with Gasteiger partial charge in [0.1, 0.15) is 5.52 Å². The third-order valence-electron chi connectivity index (χ3n) is 3.13. The normalized spacial score (nSPS) is 17.4. The Kier molecular flexibility index (Phi) is 2.46. The largest absolute Gasteiger partial charge is 0.437 e. The van der Waals surface area contributed by atoms with Gasteiger partial charge in [-0.05, 0) is 25.0 Å². The Bertz CT molecular complexity index is 531. The molecule has 1 heterocycles. The summed E-state index contributed by atoms with van der Waals surface area (Å²) in [6.45, 7) is 0. The second kappa shape index (κ2) is 3.84. The van der Waals surface area contributed by atoms with Gasteiger partial charge in [0, 0.05) is 10.4 Å². The summed E-state index contributed by atoms with van der Waals surface area (Å²) in [6, 6.07) is 3.20. The van der Waals surface area contributed by atoms with E-state index in [0.717, 1.165) is 12.8 Å². The van der Waals surface area contributed by atoms with Gasteiger partial charge in [-0.15, -0.1) is 0 Å². The van der Waals surface area contributed by atoms with E-state index in [1.807, 2.05) is 0 Å². The van der Waals surface area contributed by atoms with Crippen LogP contribution in [0.3, 0.4) is 0 Å². The highest BCUT2D eigenvalue weighted by atomic mass is 79.9. The van der Waals surface area contributed by atoms with Crippen molar-refractivity contribution in [1.29, 1.82) is 0 Å². The maximum Gasteiger partial charge on any atom is 0.198 e. The first-order valence-electron chi connectivity index (χ1n) is 5.49. The van der Waals surface area contributed by atoms with Crippen LogP contribution in [-0.4, -0.2) is 4.98 Å². The summed E-state index contributed by atoms with van der Waals surface area (Å²) in [5, 5.41) is 0. The van der Waals surface area contributed by atoms with Crippen molar-refractivity contribution >= 4 is 27.0 Å². The Morgan fingerprint density at radius 1 is 1.31 bits per heavy atom. The number of rotatable bonds is 1. The molecule has 1 aliphatic rings. The van der Waals surface area contributed by atoms with E-state index in [4.69, 9.17) is 4.42 Å². The minimum absolute atomic E-state index is 0.283. The van der Waals surface area contributed by atoms with Crippen molar-refractivity contribution < 1.29 is 8.81 Å². The lowest BCUT2D eigenvalue weighted by Gasteiger charge is -2.00. The quantitative estimate of drug-likeness (QED) is 0.776. The second-order valence-electron chi connectivity index (χ2n) is 4.27. The Morgan fingerprint density at radius 2 is 2.06 bits per heavy atom. The van der Waals surface area contributed by atoms with Gasteiger partial charge < -0.3 is 4.42 Å². The number of hydrogen-bond acceptors (Lipinski definition) is 2. The van der Waals surface area contributed by atoms with Crippen molar-refractivity contribution in [3.63, 3.8) is 0 Å². The average Bonchev–Trinajstić information content (AvgIpc) is 2.82. The zero-order valence-corrected chi connectivity index (χ0v) is 10.3. The number of aromatic nitrogens is 1. The molecule has 0 N–H and O–H groups in total. The molecule has 0 saturated heterocycles. The van der Waals surface area contributed by atoms with Crippen molar-refractivity contribution in [1.82, 2.24) is 4.98 Å². The smallest absolute Gasteiger partial charge is 0.198 e. The summed E-state index contributed by atoms with van der Waals surface area (Å²) in [4.78, 5) is 4.38. The fourth-order valence-electron chi connectivity index (χ4n) is 2.32. The summed E-state index contributed by atoms with van der Waals surface area (Å²) >= 11 is 3.25. The van der Waals surface area contributed by atoms with Crippen molar-refractivity contribution in [2.24, 2.45) is 0 Å². The summed E-state index contributed by atoms with van der Waals surface area (Å²) < 4.78 is 19.8. The number of fused-ring (bicyclic) bond motifs is 1. The van der Waals surface area contributed by atoms with Gasteiger partial charge in [-0.1, -0.05) is 28.8 Å². The third kappa shape index (κ3) is 1.65. The van der Waals surface area contributed by atoms with E-state index in [0.29, 0.717) is 21.8 Å². The van der Waals surface area contributed by atoms with Gasteiger partial charge in [0.05, 0.1) is 0 Å². The van der Waals surface area contributed by atoms with Crippen molar-refractivity contribution in [3.05, 3.63) is 28.3 Å². The van der Waals surface area contributed by atoms with Crippen LogP contribution >= 0.6 is 15.9 Å². The first-order chi connectivity index (χ1) is 7.74.